The molecular formula is C31H27F6N3O4. The summed E-state index contributed by atoms with van der Waals surface area (Å²) in [5.74, 6) is -1.03. The first-order valence-corrected chi connectivity index (χ1v) is 13.6. The minimum absolute atomic E-state index is 0.232. The predicted octanol–water partition coefficient (Wildman–Crippen LogP) is 7.23. The molecule has 0 aliphatic carbocycles. The third kappa shape index (κ3) is 8.38. The maximum absolute atomic E-state index is 12.7. The number of halogens is 6. The number of aromatic nitrogens is 2. The van der Waals surface area contributed by atoms with Crippen LogP contribution in [-0.4, -0.2) is 51.4 Å². The third-order valence-corrected chi connectivity index (χ3v) is 7.23. The Kier molecular flexibility index (Phi) is 8.97. The van der Waals surface area contributed by atoms with Gasteiger partial charge in [-0.3, -0.25) is 4.90 Å². The maximum atomic E-state index is 12.7. The van der Waals surface area contributed by atoms with Crippen LogP contribution < -0.4 is 14.2 Å². The summed E-state index contributed by atoms with van der Waals surface area (Å²) < 4.78 is 89.8. The van der Waals surface area contributed by atoms with Crippen molar-refractivity contribution < 1.29 is 45.7 Å². The fraction of sp³-hybridized carbons (Fsp3) is 0.290. The van der Waals surface area contributed by atoms with Gasteiger partial charge in [-0.15, -0.1) is 26.3 Å². The largest absolute Gasteiger partial charge is 0.573 e. The first-order chi connectivity index (χ1) is 20.9. The van der Waals surface area contributed by atoms with Crippen molar-refractivity contribution in [2.75, 3.05) is 13.1 Å². The van der Waals surface area contributed by atoms with E-state index in [0.717, 1.165) is 29.8 Å². The molecule has 7 nitrogen and oxygen atoms in total. The molecule has 0 radical (unpaired) electrons. The van der Waals surface area contributed by atoms with E-state index in [2.05, 4.69) is 24.3 Å². The fourth-order valence-corrected chi connectivity index (χ4v) is 5.29. The highest BCUT2D eigenvalue weighted by Gasteiger charge is 2.42. The molecule has 1 fully saturated rings. The molecule has 0 saturated carbocycles. The van der Waals surface area contributed by atoms with Crippen LogP contribution >= 0.6 is 0 Å². The highest BCUT2D eigenvalue weighted by Crippen LogP contribution is 2.43. The Bertz CT molecular complexity index is 1430. The Balaban J connectivity index is 1.30. The first-order valence-electron chi connectivity index (χ1n) is 13.6. The second-order valence-electron chi connectivity index (χ2n) is 10.3. The molecule has 2 heterocycles. The molecule has 5 rings (SSSR count). The highest BCUT2D eigenvalue weighted by molar-refractivity contribution is 5.41. The molecule has 1 aliphatic rings. The van der Waals surface area contributed by atoms with Gasteiger partial charge in [-0.05, 0) is 72.0 Å². The molecular weight excluding hydrogens is 592 g/mol. The summed E-state index contributed by atoms with van der Waals surface area (Å²) in [4.78, 5) is 10.2. The van der Waals surface area contributed by atoms with Crippen molar-refractivity contribution in [3.8, 4) is 23.3 Å². The van der Waals surface area contributed by atoms with Gasteiger partial charge in [0.1, 0.15) is 17.2 Å². The molecule has 0 atom stereocenters. The number of nitrogens with zero attached hydrogens (tertiary/aromatic N) is 3. The number of likely N-dealkylation sites (tertiary alicyclic amines) is 1. The molecule has 1 saturated heterocycles. The van der Waals surface area contributed by atoms with Gasteiger partial charge in [-0.2, -0.15) is 0 Å². The summed E-state index contributed by atoms with van der Waals surface area (Å²) in [6.07, 6.45) is -5.99. The minimum Gasteiger partial charge on any atom is -0.424 e. The zero-order valence-corrected chi connectivity index (χ0v) is 23.1. The van der Waals surface area contributed by atoms with Crippen LogP contribution in [0.4, 0.5) is 26.3 Å². The molecule has 0 bridgehead atoms. The van der Waals surface area contributed by atoms with Gasteiger partial charge in [0, 0.05) is 37.9 Å². The van der Waals surface area contributed by atoms with Gasteiger partial charge in [0.15, 0.2) is 0 Å². The Labute approximate surface area is 248 Å². The van der Waals surface area contributed by atoms with Crippen LogP contribution in [-0.2, 0) is 6.54 Å². The van der Waals surface area contributed by atoms with E-state index in [9.17, 15) is 31.4 Å². The topological polar surface area (TPSA) is 76.9 Å². The van der Waals surface area contributed by atoms with E-state index in [0.29, 0.717) is 49.4 Å². The average molecular weight is 620 g/mol. The van der Waals surface area contributed by atoms with Crippen LogP contribution in [0.15, 0.2) is 91.3 Å². The number of ether oxygens (including phenoxy) is 3. The average Bonchev–Trinajstić information content (AvgIpc) is 2.96. The van der Waals surface area contributed by atoms with Crippen molar-refractivity contribution in [3.05, 3.63) is 108 Å². The lowest BCUT2D eigenvalue weighted by Crippen LogP contribution is -2.48. The number of aliphatic hydroxyl groups is 1. The van der Waals surface area contributed by atoms with Crippen LogP contribution in [0.25, 0.3) is 0 Å². The van der Waals surface area contributed by atoms with E-state index in [1.165, 1.54) is 24.3 Å². The number of rotatable bonds is 9. The Morgan fingerprint density at radius 1 is 0.705 bits per heavy atom. The summed E-state index contributed by atoms with van der Waals surface area (Å²) >= 11 is 0. The molecule has 0 unspecified atom stereocenters. The first kappa shape index (κ1) is 31.1. The second-order valence-corrected chi connectivity index (χ2v) is 10.3. The van der Waals surface area contributed by atoms with Gasteiger partial charge in [0.05, 0.1) is 5.60 Å². The van der Waals surface area contributed by atoms with Gasteiger partial charge in [0.2, 0.25) is 0 Å². The lowest BCUT2D eigenvalue weighted by Gasteiger charge is -2.43. The standard InChI is InChI=1S/C31H27F6N3O4/c32-30(33,34)43-25-10-4-22(5-11-25)27(23-6-12-26(13-7-23)44-31(35,36)37)29(41)14-18-40(19-15-29)20-21-2-8-24(9-3-21)42-28-38-16-1-17-39-28/h1-13,16-17,27,41H,14-15,18-20H2. The second kappa shape index (κ2) is 12.7. The minimum atomic E-state index is -4.87. The number of piperidine rings is 1. The quantitative estimate of drug-likeness (QED) is 0.198. The lowest BCUT2D eigenvalue weighted by molar-refractivity contribution is -0.275. The maximum Gasteiger partial charge on any atom is 0.573 e. The van der Waals surface area contributed by atoms with Crippen molar-refractivity contribution in [1.29, 1.82) is 0 Å². The fourth-order valence-electron chi connectivity index (χ4n) is 5.29. The SMILES string of the molecule is OC1(C(c2ccc(OC(F)(F)F)cc2)c2ccc(OC(F)(F)F)cc2)CCN(Cc2ccc(Oc3ncccn3)cc2)CC1. The number of hydrogen-bond acceptors (Lipinski definition) is 7. The van der Waals surface area contributed by atoms with Crippen LogP contribution in [0.5, 0.6) is 23.3 Å². The normalized spacial score (nSPS) is 15.6. The Morgan fingerprint density at radius 3 is 1.61 bits per heavy atom. The Hall–Kier alpha value is -4.36. The molecule has 232 valence electrons. The summed E-state index contributed by atoms with van der Waals surface area (Å²) in [5.41, 5.74) is 0.632. The van der Waals surface area contributed by atoms with E-state index in [1.807, 2.05) is 12.1 Å². The van der Waals surface area contributed by atoms with Crippen LogP contribution in [0.3, 0.4) is 0 Å². The van der Waals surface area contributed by atoms with Gasteiger partial charge >= 0.3 is 18.7 Å². The van der Waals surface area contributed by atoms with Gasteiger partial charge in [-0.25, -0.2) is 9.97 Å². The van der Waals surface area contributed by atoms with Crippen LogP contribution in [0.2, 0.25) is 0 Å². The zero-order valence-electron chi connectivity index (χ0n) is 23.1. The van der Waals surface area contributed by atoms with Crippen molar-refractivity contribution in [3.63, 3.8) is 0 Å². The van der Waals surface area contributed by atoms with Crippen molar-refractivity contribution in [2.24, 2.45) is 0 Å². The molecule has 1 aromatic heterocycles. The summed E-state index contributed by atoms with van der Waals surface area (Å²) in [6.45, 7) is 1.58. The number of benzene rings is 3. The molecule has 0 spiro atoms. The number of alkyl halides is 6. The van der Waals surface area contributed by atoms with Crippen molar-refractivity contribution in [1.82, 2.24) is 14.9 Å². The molecule has 4 aromatic rings. The highest BCUT2D eigenvalue weighted by atomic mass is 19.4. The summed E-state index contributed by atoms with van der Waals surface area (Å²) in [7, 11) is 0. The molecule has 13 heteroatoms. The zero-order chi connectivity index (χ0) is 31.4. The predicted molar refractivity (Wildman–Crippen MR) is 146 cm³/mol. The smallest absolute Gasteiger partial charge is 0.424 e. The monoisotopic (exact) mass is 619 g/mol. The van der Waals surface area contributed by atoms with E-state index >= 15 is 0 Å². The van der Waals surface area contributed by atoms with Gasteiger partial charge < -0.3 is 19.3 Å². The van der Waals surface area contributed by atoms with E-state index in [1.54, 1.807) is 30.6 Å². The van der Waals surface area contributed by atoms with E-state index < -0.39 is 35.7 Å². The molecule has 1 aliphatic heterocycles. The molecule has 1 N–H and O–H groups in total. The van der Waals surface area contributed by atoms with E-state index in [-0.39, 0.29) is 6.01 Å². The lowest BCUT2D eigenvalue weighted by atomic mass is 9.72. The third-order valence-electron chi connectivity index (χ3n) is 7.23. The summed E-state index contributed by atoms with van der Waals surface area (Å²) in [5, 5.41) is 11.9. The number of hydrogen-bond donors (Lipinski definition) is 1. The molecule has 0 amide bonds. The Morgan fingerprint density at radius 2 is 1.16 bits per heavy atom. The van der Waals surface area contributed by atoms with Gasteiger partial charge in [-0.1, -0.05) is 36.4 Å². The molecule has 44 heavy (non-hydrogen) atoms. The van der Waals surface area contributed by atoms with Crippen LogP contribution in [0, 0.1) is 0 Å². The van der Waals surface area contributed by atoms with Gasteiger partial charge in [0.25, 0.3) is 0 Å². The van der Waals surface area contributed by atoms with Crippen LogP contribution in [0.1, 0.15) is 35.4 Å². The molecule has 3 aromatic carbocycles. The van der Waals surface area contributed by atoms with Crippen molar-refractivity contribution in [2.45, 2.75) is 43.6 Å². The summed E-state index contributed by atoms with van der Waals surface area (Å²) in [6, 6.07) is 19.6. The van der Waals surface area contributed by atoms with E-state index in [4.69, 9.17) is 4.74 Å². The van der Waals surface area contributed by atoms with Crippen molar-refractivity contribution >= 4 is 0 Å².